The van der Waals surface area contributed by atoms with Crippen LogP contribution in [0.3, 0.4) is 0 Å². The molecule has 0 heterocycles. The van der Waals surface area contributed by atoms with Gasteiger partial charge in [-0.25, -0.2) is 9.53 Å². The van der Waals surface area contributed by atoms with Gasteiger partial charge in [-0.05, 0) is 51.8 Å². The van der Waals surface area contributed by atoms with E-state index in [4.69, 9.17) is 5.14 Å². The number of rotatable bonds is 5. The molecule has 0 spiro atoms. The molecule has 0 aliphatic rings. The Hall–Kier alpha value is -1.64. The maximum absolute atomic E-state index is 13.4. The molecule has 0 unspecified atom stereocenters. The standard InChI is InChI=1S/C13H13BrFN3O2S/c14-12-5-4-9(6-13(12)15)8-17-10-2-1-3-11(7-10)18-21(16,19)20/h1-7,17-18H,8H2,(H2,16,19,20). The molecule has 0 saturated heterocycles. The molecule has 0 fully saturated rings. The summed E-state index contributed by atoms with van der Waals surface area (Å²) in [5, 5.41) is 7.98. The van der Waals surface area contributed by atoms with E-state index in [1.54, 1.807) is 36.4 Å². The number of benzene rings is 2. The monoisotopic (exact) mass is 373 g/mol. The second-order valence-corrected chi connectivity index (χ2v) is 6.48. The molecule has 0 aromatic heterocycles. The summed E-state index contributed by atoms with van der Waals surface area (Å²) in [6.07, 6.45) is 0. The number of hydrogen-bond acceptors (Lipinski definition) is 3. The van der Waals surface area contributed by atoms with Crippen LogP contribution in [0.4, 0.5) is 15.8 Å². The van der Waals surface area contributed by atoms with Gasteiger partial charge in [0, 0.05) is 12.2 Å². The smallest absolute Gasteiger partial charge is 0.296 e. The van der Waals surface area contributed by atoms with Crippen LogP contribution >= 0.6 is 15.9 Å². The van der Waals surface area contributed by atoms with Crippen molar-refractivity contribution in [2.24, 2.45) is 5.14 Å². The SMILES string of the molecule is NS(=O)(=O)Nc1cccc(NCc2ccc(Br)c(F)c2)c1. The molecule has 0 amide bonds. The summed E-state index contributed by atoms with van der Waals surface area (Å²) < 4.78 is 37.9. The third-order valence-corrected chi connectivity index (χ3v) is 3.77. The highest BCUT2D eigenvalue weighted by Crippen LogP contribution is 2.19. The Labute approximate surface area is 130 Å². The van der Waals surface area contributed by atoms with Gasteiger partial charge in [0.2, 0.25) is 0 Å². The first kappa shape index (κ1) is 15.7. The van der Waals surface area contributed by atoms with E-state index in [0.717, 1.165) is 5.56 Å². The Morgan fingerprint density at radius 3 is 2.52 bits per heavy atom. The van der Waals surface area contributed by atoms with E-state index in [1.807, 2.05) is 0 Å². The van der Waals surface area contributed by atoms with Gasteiger partial charge in [0.25, 0.3) is 10.2 Å². The van der Waals surface area contributed by atoms with Crippen LogP contribution in [0.5, 0.6) is 0 Å². The van der Waals surface area contributed by atoms with E-state index in [2.05, 4.69) is 26.0 Å². The van der Waals surface area contributed by atoms with Crippen LogP contribution in [-0.2, 0) is 16.8 Å². The first-order chi connectivity index (χ1) is 9.83. The van der Waals surface area contributed by atoms with Crippen LogP contribution in [0.25, 0.3) is 0 Å². The average molecular weight is 374 g/mol. The summed E-state index contributed by atoms with van der Waals surface area (Å²) in [4.78, 5) is 0. The largest absolute Gasteiger partial charge is 0.381 e. The number of hydrogen-bond donors (Lipinski definition) is 3. The normalized spacial score (nSPS) is 11.2. The minimum Gasteiger partial charge on any atom is -0.381 e. The summed E-state index contributed by atoms with van der Waals surface area (Å²) in [6.45, 7) is 0.406. The number of nitrogens with two attached hydrogens (primary N) is 1. The zero-order valence-electron chi connectivity index (χ0n) is 10.8. The van der Waals surface area contributed by atoms with Crippen molar-refractivity contribution in [2.45, 2.75) is 6.54 Å². The quantitative estimate of drug-likeness (QED) is 0.753. The number of nitrogens with one attached hydrogen (secondary N) is 2. The molecule has 0 aliphatic heterocycles. The van der Waals surface area contributed by atoms with Gasteiger partial charge in [-0.2, -0.15) is 8.42 Å². The van der Waals surface area contributed by atoms with Gasteiger partial charge in [0.05, 0.1) is 10.2 Å². The fourth-order valence-corrected chi connectivity index (χ4v) is 2.41. The Morgan fingerprint density at radius 1 is 1.14 bits per heavy atom. The summed E-state index contributed by atoms with van der Waals surface area (Å²) in [7, 11) is -3.80. The van der Waals surface area contributed by atoms with Gasteiger partial charge in [0.15, 0.2) is 0 Å². The van der Waals surface area contributed by atoms with Crippen LogP contribution in [0.15, 0.2) is 46.9 Å². The van der Waals surface area contributed by atoms with Gasteiger partial charge < -0.3 is 5.32 Å². The molecule has 2 rings (SSSR count). The van der Waals surface area contributed by atoms with Crippen molar-refractivity contribution in [3.05, 3.63) is 58.3 Å². The molecule has 112 valence electrons. The van der Waals surface area contributed by atoms with E-state index < -0.39 is 10.2 Å². The fourth-order valence-electron chi connectivity index (χ4n) is 1.71. The zero-order valence-corrected chi connectivity index (χ0v) is 13.2. The van der Waals surface area contributed by atoms with E-state index in [0.29, 0.717) is 22.4 Å². The topological polar surface area (TPSA) is 84.2 Å². The van der Waals surface area contributed by atoms with E-state index in [-0.39, 0.29) is 5.82 Å². The average Bonchev–Trinajstić information content (AvgIpc) is 2.39. The molecule has 2 aromatic carbocycles. The number of halogens is 2. The van der Waals surface area contributed by atoms with Gasteiger partial charge in [0.1, 0.15) is 5.82 Å². The fraction of sp³-hybridized carbons (Fsp3) is 0.0769. The maximum atomic E-state index is 13.4. The van der Waals surface area contributed by atoms with Crippen molar-refractivity contribution in [1.82, 2.24) is 0 Å². The second-order valence-electron chi connectivity index (χ2n) is 4.33. The molecule has 0 saturated carbocycles. The molecule has 2 aromatic rings. The van der Waals surface area contributed by atoms with Gasteiger partial charge in [-0.3, -0.25) is 4.72 Å². The van der Waals surface area contributed by atoms with Gasteiger partial charge in [-0.15, -0.1) is 0 Å². The Kier molecular flexibility index (Phi) is 4.81. The highest BCUT2D eigenvalue weighted by atomic mass is 79.9. The molecule has 0 radical (unpaired) electrons. The molecular weight excluding hydrogens is 361 g/mol. The molecule has 0 aliphatic carbocycles. The van der Waals surface area contributed by atoms with Crippen molar-refractivity contribution >= 4 is 37.5 Å². The molecule has 8 heteroatoms. The molecule has 4 N–H and O–H groups in total. The maximum Gasteiger partial charge on any atom is 0.296 e. The lowest BCUT2D eigenvalue weighted by molar-refractivity contribution is 0.603. The lowest BCUT2D eigenvalue weighted by atomic mass is 10.2. The molecule has 5 nitrogen and oxygen atoms in total. The van der Waals surface area contributed by atoms with Crippen LogP contribution in [-0.4, -0.2) is 8.42 Å². The minimum atomic E-state index is -3.80. The Morgan fingerprint density at radius 2 is 1.86 bits per heavy atom. The number of anilines is 2. The third-order valence-electron chi connectivity index (χ3n) is 2.60. The minimum absolute atomic E-state index is 0.334. The van der Waals surface area contributed by atoms with Gasteiger partial charge >= 0.3 is 0 Å². The van der Waals surface area contributed by atoms with Crippen molar-refractivity contribution in [3.8, 4) is 0 Å². The second kappa shape index (κ2) is 6.42. The molecule has 21 heavy (non-hydrogen) atoms. The van der Waals surface area contributed by atoms with Crippen LogP contribution < -0.4 is 15.2 Å². The van der Waals surface area contributed by atoms with Crippen molar-refractivity contribution in [1.29, 1.82) is 0 Å². The summed E-state index contributed by atoms with van der Waals surface area (Å²) >= 11 is 3.09. The van der Waals surface area contributed by atoms with Crippen LogP contribution in [0.2, 0.25) is 0 Å². The highest BCUT2D eigenvalue weighted by molar-refractivity contribution is 9.10. The van der Waals surface area contributed by atoms with Gasteiger partial charge in [-0.1, -0.05) is 12.1 Å². The van der Waals surface area contributed by atoms with E-state index >= 15 is 0 Å². The predicted molar refractivity (Wildman–Crippen MR) is 84.6 cm³/mol. The van der Waals surface area contributed by atoms with Crippen molar-refractivity contribution in [2.75, 3.05) is 10.0 Å². The Bertz CT molecular complexity index is 753. The predicted octanol–water partition coefficient (Wildman–Crippen LogP) is 2.82. The Balaban J connectivity index is 2.06. The first-order valence-corrected chi connectivity index (χ1v) is 8.26. The lowest BCUT2D eigenvalue weighted by Gasteiger charge is -2.09. The zero-order chi connectivity index (χ0) is 15.5. The molecule has 0 bridgehead atoms. The molecular formula is C13H13BrFN3O2S. The lowest BCUT2D eigenvalue weighted by Crippen LogP contribution is -2.21. The highest BCUT2D eigenvalue weighted by Gasteiger charge is 2.04. The first-order valence-electron chi connectivity index (χ1n) is 5.92. The van der Waals surface area contributed by atoms with Crippen LogP contribution in [0.1, 0.15) is 5.56 Å². The van der Waals surface area contributed by atoms with E-state index in [9.17, 15) is 12.8 Å². The van der Waals surface area contributed by atoms with Crippen molar-refractivity contribution in [3.63, 3.8) is 0 Å². The summed E-state index contributed by atoms with van der Waals surface area (Å²) in [5.41, 5.74) is 1.80. The van der Waals surface area contributed by atoms with Crippen molar-refractivity contribution < 1.29 is 12.8 Å². The summed E-state index contributed by atoms with van der Waals surface area (Å²) in [6, 6.07) is 11.5. The third kappa shape index (κ3) is 5.00. The van der Waals surface area contributed by atoms with E-state index in [1.165, 1.54) is 6.07 Å². The molecule has 0 atom stereocenters. The summed E-state index contributed by atoms with van der Waals surface area (Å²) in [5.74, 6) is -0.334. The van der Waals surface area contributed by atoms with Crippen LogP contribution in [0, 0.1) is 5.82 Å².